The second-order valence-electron chi connectivity index (χ2n) is 25.3. The van der Waals surface area contributed by atoms with Crippen molar-refractivity contribution in [2.24, 2.45) is 0 Å². The number of phenolic OH excluding ortho intramolecular Hbond substituents is 2. The molecule has 0 heterocycles. The van der Waals surface area contributed by atoms with E-state index in [0.29, 0.717) is 37.4 Å². The van der Waals surface area contributed by atoms with E-state index in [1.54, 1.807) is 14.2 Å². The maximum atomic E-state index is 14.3. The van der Waals surface area contributed by atoms with Gasteiger partial charge in [-0.25, -0.2) is 0 Å². The maximum absolute atomic E-state index is 14.3. The van der Waals surface area contributed by atoms with Crippen LogP contribution in [0.3, 0.4) is 0 Å². The largest absolute Gasteiger partial charge is 4.00 e. The summed E-state index contributed by atoms with van der Waals surface area (Å²) in [5, 5.41) is 51.9. The van der Waals surface area contributed by atoms with Crippen molar-refractivity contribution in [3.8, 4) is 45.3 Å². The van der Waals surface area contributed by atoms with Crippen molar-refractivity contribution < 1.29 is 55.7 Å². The van der Waals surface area contributed by atoms with Gasteiger partial charge >= 0.3 is 25.8 Å². The number of methoxy groups -OCH3 is 2. The monoisotopic (exact) mass is 1310 g/mol. The van der Waals surface area contributed by atoms with Gasteiger partial charge in [-0.05, 0) is 120 Å². The van der Waals surface area contributed by atoms with Crippen LogP contribution in [0.25, 0.3) is 22.3 Å². The second-order valence-corrected chi connectivity index (χ2v) is 25.3. The Morgan fingerprint density at radius 2 is 0.682 bits per heavy atom. The van der Waals surface area contributed by atoms with Gasteiger partial charge in [-0.1, -0.05) is 225 Å². The van der Waals surface area contributed by atoms with E-state index < -0.39 is 10.8 Å². The number of hydrogen-bond donors (Lipinski definition) is 2. The Bertz CT molecular complexity index is 3240. The number of rotatable bonds is 18. The molecular formula is C76H94HfN2O6. The molecule has 0 fully saturated rings. The first-order chi connectivity index (χ1) is 38.7. The van der Waals surface area contributed by atoms with Crippen molar-refractivity contribution >= 4 is 22.7 Å². The van der Waals surface area contributed by atoms with E-state index in [9.17, 15) is 20.4 Å². The number of benzene rings is 8. The Labute approximate surface area is 530 Å². The smallest absolute Gasteiger partial charge is 0.872 e. The van der Waals surface area contributed by atoms with Crippen molar-refractivity contribution in [1.82, 2.24) is 0 Å². The quantitative estimate of drug-likeness (QED) is 0.0496. The summed E-state index contributed by atoms with van der Waals surface area (Å²) in [5.74, 6) is 0.593. The number of hydrogen-bond acceptors (Lipinski definition) is 8. The molecule has 85 heavy (non-hydrogen) atoms. The van der Waals surface area contributed by atoms with Gasteiger partial charge in [-0.3, -0.25) is 0 Å². The van der Waals surface area contributed by atoms with E-state index in [0.717, 1.165) is 102 Å². The van der Waals surface area contributed by atoms with Gasteiger partial charge in [0.1, 0.15) is 11.5 Å². The third-order valence-corrected chi connectivity index (χ3v) is 15.9. The number of para-hydroxylation sites is 2. The van der Waals surface area contributed by atoms with Gasteiger partial charge in [0.05, 0.1) is 11.4 Å². The molecule has 0 aliphatic heterocycles. The summed E-state index contributed by atoms with van der Waals surface area (Å²) in [7, 11) is 3.40. The van der Waals surface area contributed by atoms with Gasteiger partial charge in [0.2, 0.25) is 0 Å². The summed E-state index contributed by atoms with van der Waals surface area (Å²) in [6.45, 7) is 31.8. The van der Waals surface area contributed by atoms with E-state index in [1.807, 2.05) is 121 Å². The molecule has 0 bridgehead atoms. The molecule has 0 atom stereocenters. The van der Waals surface area contributed by atoms with Gasteiger partial charge in [0, 0.05) is 85.0 Å². The van der Waals surface area contributed by atoms with Crippen LogP contribution in [-0.2, 0) is 57.0 Å². The van der Waals surface area contributed by atoms with Crippen molar-refractivity contribution in [3.05, 3.63) is 228 Å². The van der Waals surface area contributed by atoms with Crippen LogP contribution in [0.2, 0.25) is 0 Å². The van der Waals surface area contributed by atoms with Crippen LogP contribution in [0.15, 0.2) is 158 Å². The maximum Gasteiger partial charge on any atom is 4.00 e. The Kier molecular flexibility index (Phi) is 24.7. The van der Waals surface area contributed by atoms with Crippen molar-refractivity contribution in [1.29, 1.82) is 0 Å². The molecule has 448 valence electrons. The van der Waals surface area contributed by atoms with Crippen molar-refractivity contribution in [3.63, 3.8) is 0 Å². The molecule has 0 saturated heterocycles. The zero-order valence-electron chi connectivity index (χ0n) is 54.2. The summed E-state index contributed by atoms with van der Waals surface area (Å²) in [6.07, 6.45) is 1.51. The summed E-state index contributed by atoms with van der Waals surface area (Å²) < 4.78 is 10.8. The van der Waals surface area contributed by atoms with Crippen LogP contribution >= 0.6 is 0 Å². The van der Waals surface area contributed by atoms with Crippen molar-refractivity contribution in [2.45, 2.75) is 131 Å². The van der Waals surface area contributed by atoms with Gasteiger partial charge in [-0.15, -0.1) is 0 Å². The Morgan fingerprint density at radius 3 is 1.00 bits per heavy atom. The second kappa shape index (κ2) is 29.6. The Balaban J connectivity index is 0.000000352. The van der Waals surface area contributed by atoms with Crippen LogP contribution in [0.1, 0.15) is 138 Å². The van der Waals surface area contributed by atoms with Crippen LogP contribution in [-0.4, -0.2) is 50.7 Å². The van der Waals surface area contributed by atoms with Gasteiger partial charge in [0.25, 0.3) is 0 Å². The first-order valence-corrected chi connectivity index (χ1v) is 28.9. The van der Waals surface area contributed by atoms with Crippen LogP contribution < -0.4 is 20.0 Å². The molecule has 0 radical (unpaired) electrons. The fourth-order valence-corrected chi connectivity index (χ4v) is 11.3. The fourth-order valence-electron chi connectivity index (χ4n) is 11.3. The molecule has 0 spiro atoms. The normalized spacial score (nSPS) is 11.6. The summed E-state index contributed by atoms with van der Waals surface area (Å²) >= 11 is 0. The van der Waals surface area contributed by atoms with Crippen LogP contribution in [0.5, 0.6) is 23.0 Å². The molecule has 0 aliphatic carbocycles. The predicted octanol–water partition coefficient (Wildman–Crippen LogP) is 18.0. The summed E-state index contributed by atoms with van der Waals surface area (Å²) in [5.41, 5.74) is 14.6. The Hall–Kier alpha value is -6.65. The first-order valence-electron chi connectivity index (χ1n) is 28.9. The molecule has 0 unspecified atom stereocenters. The molecule has 8 rings (SSSR count). The standard InChI is InChI=1S/2C37H45NO3.2CH3.Hf/c2*1-25-21-29(34(39)31(23-25)37(6,7)27-15-10-9-11-16-27)28-17-12-13-18-32(28)38(19-14-20-41-8)33-24-26(2)22-30(35(33)40)36(3,4)5;;;/h2*9-13,15-18,21-24,39-40H,14,19-20H2,1-8H3;2*1H3;/q;;2*-1;+4/p-2. The van der Waals surface area contributed by atoms with E-state index >= 15 is 0 Å². The summed E-state index contributed by atoms with van der Waals surface area (Å²) in [6, 6.07) is 52.7. The average molecular weight is 1310 g/mol. The minimum Gasteiger partial charge on any atom is -0.872 e. The third kappa shape index (κ3) is 16.1. The number of aryl methyl sites for hydroxylation is 4. The average Bonchev–Trinajstić information content (AvgIpc) is 3.48. The molecule has 0 amide bonds. The number of aromatic hydroxyl groups is 2. The van der Waals surface area contributed by atoms with Crippen LogP contribution in [0.4, 0.5) is 22.7 Å². The number of ether oxygens (including phenoxy) is 2. The molecule has 8 aromatic carbocycles. The van der Waals surface area contributed by atoms with E-state index in [1.165, 1.54) is 0 Å². The van der Waals surface area contributed by atoms with Gasteiger partial charge < -0.3 is 54.6 Å². The van der Waals surface area contributed by atoms with E-state index in [4.69, 9.17) is 9.47 Å². The topological polar surface area (TPSA) is 112 Å². The SMILES string of the molecule is COCCCN(c1ccccc1-c1cc(C)cc(C(C)(C)c2ccccc2)c1[O-])c1cc(C)cc(C(C)(C)C)c1O.COCCCN(c1ccccc1-c1cc(C)cc(C(C)(C)c2ccccc2)c1[O-])c1cc(C)cc(C(C)(C)C)c1O.[CH3-].[CH3-].[Hf+4]. The summed E-state index contributed by atoms with van der Waals surface area (Å²) in [4.78, 5) is 4.30. The number of nitrogens with zero attached hydrogens (tertiary/aromatic N) is 2. The zero-order chi connectivity index (χ0) is 59.9. The number of anilines is 4. The molecule has 9 heteroatoms. The zero-order valence-corrected chi connectivity index (χ0v) is 57.8. The first kappa shape index (κ1) is 70.8. The Morgan fingerprint density at radius 1 is 0.388 bits per heavy atom. The minimum absolute atomic E-state index is 0. The molecule has 8 aromatic rings. The van der Waals surface area contributed by atoms with Crippen LogP contribution in [0, 0.1) is 42.5 Å². The van der Waals surface area contributed by atoms with Gasteiger partial charge in [-0.2, -0.15) is 0 Å². The van der Waals surface area contributed by atoms with Gasteiger partial charge in [0.15, 0.2) is 0 Å². The molecule has 0 aliphatic rings. The molecule has 8 nitrogen and oxygen atoms in total. The van der Waals surface area contributed by atoms with Crippen molar-refractivity contribution in [2.75, 3.05) is 50.3 Å². The molecule has 0 saturated carbocycles. The molecular weight excluding hydrogens is 1220 g/mol. The molecule has 2 N–H and O–H groups in total. The fraction of sp³-hybridized carbons (Fsp3) is 0.342. The van der Waals surface area contributed by atoms with E-state index in [2.05, 4.69) is 143 Å². The third-order valence-electron chi connectivity index (χ3n) is 15.9. The predicted molar refractivity (Wildman–Crippen MR) is 352 cm³/mol. The number of phenols is 2. The molecule has 0 aromatic heterocycles. The van der Waals surface area contributed by atoms with E-state index in [-0.39, 0.29) is 74.5 Å². The minimum atomic E-state index is -0.470.